The first-order valence-corrected chi connectivity index (χ1v) is 9.62. The lowest BCUT2D eigenvalue weighted by molar-refractivity contribution is -0.138. The molecule has 10 heteroatoms. The third kappa shape index (κ3) is 4.75. The van der Waals surface area contributed by atoms with Crippen molar-refractivity contribution in [3.8, 4) is 33.9 Å². The summed E-state index contributed by atoms with van der Waals surface area (Å²) in [6.07, 6.45) is -9.94. The Morgan fingerprint density at radius 2 is 0.971 bits per heavy atom. The number of halogens is 8. The van der Waals surface area contributed by atoms with Crippen molar-refractivity contribution in [3.05, 3.63) is 95.6 Å². The number of hydrogen-bond acceptors (Lipinski definition) is 2. The molecule has 0 N–H and O–H groups in total. The minimum Gasteiger partial charge on any atom is -0.228 e. The molecule has 0 radical (unpaired) electrons. The Balaban J connectivity index is 2.04. The van der Waals surface area contributed by atoms with Crippen LogP contribution in [0.1, 0.15) is 11.1 Å². The number of benzene rings is 3. The average molecular weight is 480 g/mol. The molecule has 0 unspecified atom stereocenters. The van der Waals surface area contributed by atoms with Crippen LogP contribution in [0.3, 0.4) is 0 Å². The molecule has 0 atom stereocenters. The van der Waals surface area contributed by atoms with Gasteiger partial charge in [-0.15, -0.1) is 0 Å². The third-order valence-corrected chi connectivity index (χ3v) is 4.88. The molecule has 0 fully saturated rings. The van der Waals surface area contributed by atoms with E-state index in [1.54, 1.807) is 18.2 Å². The summed E-state index contributed by atoms with van der Waals surface area (Å²) in [5, 5.41) is 0. The monoisotopic (exact) mass is 480 g/mol. The van der Waals surface area contributed by atoms with Crippen LogP contribution < -0.4 is 0 Å². The highest BCUT2D eigenvalue weighted by atomic mass is 19.4. The molecule has 4 aromatic rings. The van der Waals surface area contributed by atoms with Crippen LogP contribution in [0.2, 0.25) is 0 Å². The van der Waals surface area contributed by atoms with Crippen LogP contribution in [0, 0.1) is 11.6 Å². The van der Waals surface area contributed by atoms with Crippen LogP contribution in [0.4, 0.5) is 35.1 Å². The van der Waals surface area contributed by atoms with E-state index in [4.69, 9.17) is 0 Å². The minimum absolute atomic E-state index is 0.164. The zero-order valence-corrected chi connectivity index (χ0v) is 16.8. The lowest BCUT2D eigenvalue weighted by atomic mass is 9.99. The lowest BCUT2D eigenvalue weighted by Crippen LogP contribution is -2.10. The maximum atomic E-state index is 13.6. The summed E-state index contributed by atoms with van der Waals surface area (Å²) in [6, 6.07) is 12.6. The van der Waals surface area contributed by atoms with Gasteiger partial charge in [0.15, 0.2) is 5.82 Å². The molecule has 3 aromatic carbocycles. The Kier molecular flexibility index (Phi) is 5.84. The van der Waals surface area contributed by atoms with Gasteiger partial charge in [-0.05, 0) is 42.5 Å². The van der Waals surface area contributed by atoms with Crippen molar-refractivity contribution in [2.45, 2.75) is 12.4 Å². The first kappa shape index (κ1) is 23.3. The highest BCUT2D eigenvalue weighted by Gasteiger charge is 2.36. The molecular weight excluding hydrogens is 468 g/mol. The highest BCUT2D eigenvalue weighted by molar-refractivity contribution is 5.75. The second-order valence-corrected chi connectivity index (χ2v) is 7.20. The smallest absolute Gasteiger partial charge is 0.228 e. The van der Waals surface area contributed by atoms with Crippen molar-refractivity contribution in [1.29, 1.82) is 0 Å². The molecular formula is C24H12F8N2. The van der Waals surface area contributed by atoms with Crippen LogP contribution in [-0.4, -0.2) is 9.97 Å². The van der Waals surface area contributed by atoms with Gasteiger partial charge in [0.25, 0.3) is 0 Å². The molecule has 1 heterocycles. The van der Waals surface area contributed by atoms with Crippen molar-refractivity contribution < 1.29 is 35.1 Å². The predicted molar refractivity (Wildman–Crippen MR) is 108 cm³/mol. The van der Waals surface area contributed by atoms with Gasteiger partial charge in [-0.3, -0.25) is 0 Å². The number of hydrogen-bond donors (Lipinski definition) is 0. The van der Waals surface area contributed by atoms with Gasteiger partial charge in [0.1, 0.15) is 11.6 Å². The van der Waals surface area contributed by atoms with E-state index in [9.17, 15) is 35.1 Å². The molecule has 1 aromatic heterocycles. The maximum Gasteiger partial charge on any atom is 0.417 e. The molecule has 0 saturated heterocycles. The van der Waals surface area contributed by atoms with E-state index in [-0.39, 0.29) is 29.3 Å². The summed E-state index contributed by atoms with van der Waals surface area (Å²) in [5.74, 6) is -2.46. The van der Waals surface area contributed by atoms with Crippen molar-refractivity contribution >= 4 is 0 Å². The van der Waals surface area contributed by atoms with Gasteiger partial charge in [-0.1, -0.05) is 30.3 Å². The van der Waals surface area contributed by atoms with E-state index in [2.05, 4.69) is 9.97 Å². The fourth-order valence-corrected chi connectivity index (χ4v) is 3.39. The van der Waals surface area contributed by atoms with Crippen molar-refractivity contribution in [2.75, 3.05) is 0 Å². The van der Waals surface area contributed by atoms with Gasteiger partial charge in [0.05, 0.1) is 22.5 Å². The van der Waals surface area contributed by atoms with E-state index < -0.39 is 46.2 Å². The Hall–Kier alpha value is -3.82. The van der Waals surface area contributed by atoms with Gasteiger partial charge in [0, 0.05) is 16.7 Å². The Morgan fingerprint density at radius 3 is 1.38 bits per heavy atom. The molecule has 0 aliphatic heterocycles. The van der Waals surface area contributed by atoms with Crippen LogP contribution in [0.15, 0.2) is 72.8 Å². The molecule has 0 amide bonds. The summed E-state index contributed by atoms with van der Waals surface area (Å²) < 4.78 is 109. The average Bonchev–Trinajstić information content (AvgIpc) is 2.78. The molecule has 0 spiro atoms. The second kappa shape index (κ2) is 8.51. The summed E-state index contributed by atoms with van der Waals surface area (Å²) in [5.41, 5.74) is -4.26. The first-order chi connectivity index (χ1) is 15.9. The maximum absolute atomic E-state index is 13.6. The van der Waals surface area contributed by atoms with E-state index in [0.717, 1.165) is 30.3 Å². The predicted octanol–water partition coefficient (Wildman–Crippen LogP) is 7.79. The second-order valence-electron chi connectivity index (χ2n) is 7.20. The van der Waals surface area contributed by atoms with Crippen molar-refractivity contribution in [2.24, 2.45) is 0 Å². The molecule has 0 saturated carbocycles. The van der Waals surface area contributed by atoms with Gasteiger partial charge >= 0.3 is 12.4 Å². The number of alkyl halides is 6. The molecule has 0 aliphatic carbocycles. The number of rotatable bonds is 3. The van der Waals surface area contributed by atoms with Gasteiger partial charge in [-0.25, -0.2) is 18.7 Å². The highest BCUT2D eigenvalue weighted by Crippen LogP contribution is 2.41. The van der Waals surface area contributed by atoms with Gasteiger partial charge < -0.3 is 0 Å². The lowest BCUT2D eigenvalue weighted by Gasteiger charge is -2.16. The Bertz CT molecular complexity index is 1260. The molecule has 174 valence electrons. The standard InChI is InChI=1S/C24H12F8N2/c25-14-6-8-16(18(10-14)23(27,28)29)20-12-21(34-22(33-20)13-4-2-1-3-5-13)17-9-7-15(26)11-19(17)24(30,31)32/h1-12H. The number of aromatic nitrogens is 2. The summed E-state index contributed by atoms with van der Waals surface area (Å²) in [6.45, 7) is 0. The third-order valence-electron chi connectivity index (χ3n) is 4.88. The fraction of sp³-hybridized carbons (Fsp3) is 0.0833. The van der Waals surface area contributed by atoms with Crippen LogP contribution in [0.5, 0.6) is 0 Å². The largest absolute Gasteiger partial charge is 0.417 e. The van der Waals surface area contributed by atoms with Crippen molar-refractivity contribution in [1.82, 2.24) is 9.97 Å². The Labute approximate surface area is 187 Å². The van der Waals surface area contributed by atoms with E-state index in [1.165, 1.54) is 12.1 Å². The summed E-state index contributed by atoms with van der Waals surface area (Å²) in [4.78, 5) is 8.25. The molecule has 34 heavy (non-hydrogen) atoms. The van der Waals surface area contributed by atoms with Crippen LogP contribution >= 0.6 is 0 Å². The topological polar surface area (TPSA) is 25.8 Å². The van der Waals surface area contributed by atoms with E-state index >= 15 is 0 Å². The van der Waals surface area contributed by atoms with Crippen molar-refractivity contribution in [3.63, 3.8) is 0 Å². The molecule has 4 rings (SSSR count). The first-order valence-electron chi connectivity index (χ1n) is 9.62. The Morgan fingerprint density at radius 1 is 0.529 bits per heavy atom. The zero-order valence-electron chi connectivity index (χ0n) is 16.8. The van der Waals surface area contributed by atoms with E-state index in [0.29, 0.717) is 5.56 Å². The zero-order chi connectivity index (χ0) is 24.7. The minimum atomic E-state index is -4.97. The summed E-state index contributed by atoms with van der Waals surface area (Å²) in [7, 11) is 0. The fourth-order valence-electron chi connectivity index (χ4n) is 3.39. The van der Waals surface area contributed by atoms with Gasteiger partial charge in [0.2, 0.25) is 0 Å². The van der Waals surface area contributed by atoms with E-state index in [1.807, 2.05) is 0 Å². The normalized spacial score (nSPS) is 12.1. The molecule has 0 bridgehead atoms. The quantitative estimate of drug-likeness (QED) is 0.280. The molecule has 0 aliphatic rings. The number of nitrogens with zero attached hydrogens (tertiary/aromatic N) is 2. The SMILES string of the molecule is Fc1ccc(-c2cc(-c3ccc(F)cc3C(F)(F)F)nc(-c3ccccc3)n2)c(C(F)(F)F)c1. The van der Waals surface area contributed by atoms with Crippen LogP contribution in [-0.2, 0) is 12.4 Å². The molecule has 2 nitrogen and oxygen atoms in total. The van der Waals surface area contributed by atoms with Crippen LogP contribution in [0.25, 0.3) is 33.9 Å². The van der Waals surface area contributed by atoms with Gasteiger partial charge in [-0.2, -0.15) is 26.3 Å². The summed E-state index contributed by atoms with van der Waals surface area (Å²) >= 11 is 0.